The third kappa shape index (κ3) is 6.61. The van der Waals surface area contributed by atoms with Crippen LogP contribution in [0.25, 0.3) is 0 Å². The summed E-state index contributed by atoms with van der Waals surface area (Å²) >= 11 is 0. The Bertz CT molecular complexity index is 197. The molecule has 0 atom stereocenters. The molecule has 3 nitrogen and oxygen atoms in total. The van der Waals surface area contributed by atoms with Gasteiger partial charge in [-0.2, -0.15) is 0 Å². The zero-order chi connectivity index (χ0) is 9.61. The van der Waals surface area contributed by atoms with E-state index in [-0.39, 0.29) is 5.75 Å². The summed E-state index contributed by atoms with van der Waals surface area (Å²) < 4.78 is 24.9. The second-order valence-electron chi connectivity index (χ2n) is 3.40. The molecule has 12 heavy (non-hydrogen) atoms. The molecule has 0 aliphatic rings. The van der Waals surface area contributed by atoms with Gasteiger partial charge in [-0.3, -0.25) is 0 Å². The van der Waals surface area contributed by atoms with E-state index in [0.717, 1.165) is 12.8 Å². The molecule has 0 aromatic heterocycles. The molecule has 0 aromatic rings. The third-order valence-electron chi connectivity index (χ3n) is 1.54. The normalized spacial score (nSPS) is 12.3. The third-order valence-corrected chi connectivity index (χ3v) is 2.95. The molecule has 0 unspecified atom stereocenters. The molecule has 0 saturated heterocycles. The summed E-state index contributed by atoms with van der Waals surface area (Å²) in [6.07, 6.45) is 1.58. The minimum atomic E-state index is -2.99. The van der Waals surface area contributed by atoms with Crippen molar-refractivity contribution in [3.63, 3.8) is 0 Å². The van der Waals surface area contributed by atoms with Crippen molar-refractivity contribution in [2.24, 2.45) is 5.92 Å². The van der Waals surface area contributed by atoms with Gasteiger partial charge in [-0.25, -0.2) is 13.1 Å². The van der Waals surface area contributed by atoms with Gasteiger partial charge < -0.3 is 0 Å². The van der Waals surface area contributed by atoms with E-state index in [0.29, 0.717) is 12.5 Å². The molecule has 0 radical (unpaired) electrons. The molecule has 0 aliphatic heterocycles. The maximum absolute atomic E-state index is 11.2. The summed E-state index contributed by atoms with van der Waals surface area (Å²) in [5, 5.41) is 0. The molecule has 0 rings (SSSR count). The van der Waals surface area contributed by atoms with E-state index >= 15 is 0 Å². The lowest BCUT2D eigenvalue weighted by molar-refractivity contribution is 0.561. The van der Waals surface area contributed by atoms with Crippen LogP contribution in [-0.2, 0) is 10.0 Å². The van der Waals surface area contributed by atoms with Crippen LogP contribution in [0.3, 0.4) is 0 Å². The van der Waals surface area contributed by atoms with Gasteiger partial charge in [0, 0.05) is 6.54 Å². The summed E-state index contributed by atoms with van der Waals surface area (Å²) in [5.41, 5.74) is 0. The van der Waals surface area contributed by atoms with Crippen LogP contribution >= 0.6 is 0 Å². The second kappa shape index (κ2) is 5.54. The molecule has 4 heteroatoms. The highest BCUT2D eigenvalue weighted by molar-refractivity contribution is 7.89. The fourth-order valence-corrected chi connectivity index (χ4v) is 2.16. The van der Waals surface area contributed by atoms with Gasteiger partial charge in [0.15, 0.2) is 0 Å². The van der Waals surface area contributed by atoms with Crippen molar-refractivity contribution in [1.29, 1.82) is 0 Å². The van der Waals surface area contributed by atoms with Gasteiger partial charge in [0.1, 0.15) is 0 Å². The Morgan fingerprint density at radius 3 is 2.33 bits per heavy atom. The lowest BCUT2D eigenvalue weighted by Gasteiger charge is -2.06. The molecule has 0 aliphatic carbocycles. The van der Waals surface area contributed by atoms with Crippen LogP contribution in [0, 0.1) is 5.92 Å². The summed E-state index contributed by atoms with van der Waals surface area (Å²) in [4.78, 5) is 0. The fourth-order valence-electron chi connectivity index (χ4n) is 0.721. The standard InChI is InChI=1S/C8H19NO2S/c1-4-6-9-12(10,11)7-5-8(2)3/h8-9H,4-7H2,1-3H3. The highest BCUT2D eigenvalue weighted by Crippen LogP contribution is 2.01. The first-order chi connectivity index (χ1) is 5.48. The summed E-state index contributed by atoms with van der Waals surface area (Å²) in [6, 6.07) is 0. The summed E-state index contributed by atoms with van der Waals surface area (Å²) in [5.74, 6) is 0.702. The number of hydrogen-bond donors (Lipinski definition) is 1. The smallest absolute Gasteiger partial charge is 0.211 e. The van der Waals surface area contributed by atoms with Crippen LogP contribution in [0.15, 0.2) is 0 Å². The van der Waals surface area contributed by atoms with Crippen molar-refractivity contribution in [2.45, 2.75) is 33.6 Å². The quantitative estimate of drug-likeness (QED) is 0.692. The Hall–Kier alpha value is -0.0900. The highest BCUT2D eigenvalue weighted by Gasteiger charge is 2.09. The number of hydrogen-bond acceptors (Lipinski definition) is 2. The molecule has 74 valence electrons. The largest absolute Gasteiger partial charge is 0.215 e. The summed E-state index contributed by atoms with van der Waals surface area (Å²) in [7, 11) is -2.99. The van der Waals surface area contributed by atoms with Gasteiger partial charge in [0.2, 0.25) is 10.0 Å². The molecule has 0 saturated carbocycles. The van der Waals surface area contributed by atoms with E-state index in [1.807, 2.05) is 20.8 Å². The molecule has 0 amide bonds. The first kappa shape index (κ1) is 11.9. The second-order valence-corrected chi connectivity index (χ2v) is 5.32. The Kier molecular flexibility index (Phi) is 5.50. The Labute approximate surface area is 75.6 Å². The van der Waals surface area contributed by atoms with Gasteiger partial charge in [-0.1, -0.05) is 20.8 Å². The van der Waals surface area contributed by atoms with E-state index < -0.39 is 10.0 Å². The average Bonchev–Trinajstić information content (AvgIpc) is 1.98. The Morgan fingerprint density at radius 1 is 1.33 bits per heavy atom. The van der Waals surface area contributed by atoms with Gasteiger partial charge >= 0.3 is 0 Å². The summed E-state index contributed by atoms with van der Waals surface area (Å²) in [6.45, 7) is 6.55. The maximum atomic E-state index is 11.2. The SMILES string of the molecule is CCCNS(=O)(=O)CCC(C)C. The van der Waals surface area contributed by atoms with Crippen molar-refractivity contribution in [3.8, 4) is 0 Å². The molecule has 0 fully saturated rings. The average molecular weight is 193 g/mol. The van der Waals surface area contributed by atoms with E-state index in [9.17, 15) is 8.42 Å². The van der Waals surface area contributed by atoms with Crippen LogP contribution < -0.4 is 4.72 Å². The van der Waals surface area contributed by atoms with Crippen LogP contribution in [0.4, 0.5) is 0 Å². The van der Waals surface area contributed by atoms with Crippen LogP contribution in [0.1, 0.15) is 33.6 Å². The fraction of sp³-hybridized carbons (Fsp3) is 1.00. The molecular weight excluding hydrogens is 174 g/mol. The zero-order valence-corrected chi connectivity index (χ0v) is 8.95. The number of nitrogens with one attached hydrogen (secondary N) is 1. The van der Waals surface area contributed by atoms with Gasteiger partial charge in [-0.05, 0) is 18.8 Å². The van der Waals surface area contributed by atoms with E-state index in [1.54, 1.807) is 0 Å². The van der Waals surface area contributed by atoms with Crippen LogP contribution in [-0.4, -0.2) is 20.7 Å². The predicted octanol–water partition coefficient (Wildman–Crippen LogP) is 1.36. The molecule has 0 spiro atoms. The van der Waals surface area contributed by atoms with E-state index in [1.165, 1.54) is 0 Å². The van der Waals surface area contributed by atoms with Crippen LogP contribution in [0.2, 0.25) is 0 Å². The molecule has 0 aromatic carbocycles. The van der Waals surface area contributed by atoms with E-state index in [2.05, 4.69) is 4.72 Å². The Balaban J connectivity index is 3.73. The number of rotatable bonds is 6. The van der Waals surface area contributed by atoms with Gasteiger partial charge in [0.05, 0.1) is 5.75 Å². The topological polar surface area (TPSA) is 46.2 Å². The van der Waals surface area contributed by atoms with Crippen molar-refractivity contribution >= 4 is 10.0 Å². The monoisotopic (exact) mass is 193 g/mol. The molecule has 0 bridgehead atoms. The zero-order valence-electron chi connectivity index (χ0n) is 8.13. The highest BCUT2D eigenvalue weighted by atomic mass is 32.2. The minimum absolute atomic E-state index is 0.255. The maximum Gasteiger partial charge on any atom is 0.211 e. The first-order valence-electron chi connectivity index (χ1n) is 4.45. The van der Waals surface area contributed by atoms with Gasteiger partial charge in [-0.15, -0.1) is 0 Å². The van der Waals surface area contributed by atoms with Crippen molar-refractivity contribution in [1.82, 2.24) is 4.72 Å². The molecule has 0 heterocycles. The van der Waals surface area contributed by atoms with Crippen molar-refractivity contribution in [2.75, 3.05) is 12.3 Å². The van der Waals surface area contributed by atoms with Gasteiger partial charge in [0.25, 0.3) is 0 Å². The lowest BCUT2D eigenvalue weighted by atomic mass is 10.2. The van der Waals surface area contributed by atoms with Crippen molar-refractivity contribution < 1.29 is 8.42 Å². The van der Waals surface area contributed by atoms with Crippen molar-refractivity contribution in [3.05, 3.63) is 0 Å². The number of sulfonamides is 1. The molecular formula is C8H19NO2S. The Morgan fingerprint density at radius 2 is 1.92 bits per heavy atom. The predicted molar refractivity (Wildman–Crippen MR) is 51.5 cm³/mol. The molecule has 1 N–H and O–H groups in total. The lowest BCUT2D eigenvalue weighted by Crippen LogP contribution is -2.27. The minimum Gasteiger partial charge on any atom is -0.215 e. The first-order valence-corrected chi connectivity index (χ1v) is 6.10. The van der Waals surface area contributed by atoms with Crippen LogP contribution in [0.5, 0.6) is 0 Å². The van der Waals surface area contributed by atoms with E-state index in [4.69, 9.17) is 0 Å².